The molecule has 1 amide bonds. The molecule has 0 saturated carbocycles. The van der Waals surface area contributed by atoms with Crippen molar-refractivity contribution in [3.63, 3.8) is 0 Å². The second kappa shape index (κ2) is 6.72. The average molecular weight is 359 g/mol. The van der Waals surface area contributed by atoms with Crippen molar-refractivity contribution < 1.29 is 4.79 Å². The van der Waals surface area contributed by atoms with Gasteiger partial charge in [0, 0.05) is 30.6 Å². The molecular weight excluding hydrogens is 338 g/mol. The molecule has 2 aromatic heterocycles. The maximum absolute atomic E-state index is 12.6. The summed E-state index contributed by atoms with van der Waals surface area (Å²) in [5.41, 5.74) is 3.07. The number of hydrogen-bond acceptors (Lipinski definition) is 3. The van der Waals surface area contributed by atoms with Crippen LogP contribution in [0.4, 0.5) is 5.82 Å². The molecule has 1 atom stereocenters. The Labute approximate surface area is 157 Å². The lowest BCUT2D eigenvalue weighted by molar-refractivity contribution is -0.119. The lowest BCUT2D eigenvalue weighted by atomic mass is 10.0. The first-order chi connectivity index (χ1) is 13.0. The van der Waals surface area contributed by atoms with Gasteiger partial charge in [0.1, 0.15) is 6.04 Å². The van der Waals surface area contributed by atoms with E-state index in [2.05, 4.69) is 39.8 Å². The Hall–Kier alpha value is -3.41. The van der Waals surface area contributed by atoms with Gasteiger partial charge in [0.2, 0.25) is 5.91 Å². The molecule has 2 aromatic carbocycles. The van der Waals surface area contributed by atoms with Crippen molar-refractivity contribution in [1.29, 1.82) is 0 Å². The highest BCUT2D eigenvalue weighted by Gasteiger charge is 2.18. The standard InChI is InChI=1S/C21H21N5O/c1-14-11-20(24-25(14)3)23-21(27)15(2)26-13-17(12-22-26)19-10-6-8-16-7-4-5-9-18(16)19/h4-13,15H,1-3H3,(H,23,24,27). The van der Waals surface area contributed by atoms with E-state index in [1.807, 2.05) is 51.4 Å². The van der Waals surface area contributed by atoms with Crippen molar-refractivity contribution in [2.24, 2.45) is 7.05 Å². The highest BCUT2D eigenvalue weighted by atomic mass is 16.2. The van der Waals surface area contributed by atoms with Gasteiger partial charge in [0.15, 0.2) is 5.82 Å². The molecule has 6 heteroatoms. The fraction of sp³-hybridized carbons (Fsp3) is 0.190. The number of rotatable bonds is 4. The predicted molar refractivity (Wildman–Crippen MR) is 106 cm³/mol. The molecule has 0 bridgehead atoms. The molecule has 4 aromatic rings. The highest BCUT2D eigenvalue weighted by Crippen LogP contribution is 2.28. The van der Waals surface area contributed by atoms with E-state index in [-0.39, 0.29) is 5.91 Å². The SMILES string of the molecule is Cc1cc(NC(=O)C(C)n2cc(-c3cccc4ccccc34)cn2)nn1C. The molecule has 0 fully saturated rings. The molecule has 0 aliphatic carbocycles. The highest BCUT2D eigenvalue weighted by molar-refractivity contribution is 5.96. The van der Waals surface area contributed by atoms with E-state index in [4.69, 9.17) is 0 Å². The first-order valence-electron chi connectivity index (χ1n) is 8.87. The number of aromatic nitrogens is 4. The van der Waals surface area contributed by atoms with Gasteiger partial charge in [0.05, 0.1) is 6.20 Å². The number of carbonyl (C=O) groups is 1. The summed E-state index contributed by atoms with van der Waals surface area (Å²) in [7, 11) is 1.85. The summed E-state index contributed by atoms with van der Waals surface area (Å²) in [6.45, 7) is 3.76. The van der Waals surface area contributed by atoms with Gasteiger partial charge in [0.25, 0.3) is 0 Å². The second-order valence-electron chi connectivity index (χ2n) is 6.70. The summed E-state index contributed by atoms with van der Waals surface area (Å²) in [4.78, 5) is 12.6. The van der Waals surface area contributed by atoms with Crippen molar-refractivity contribution in [3.05, 3.63) is 66.6 Å². The van der Waals surface area contributed by atoms with Gasteiger partial charge in [-0.25, -0.2) is 0 Å². The maximum Gasteiger partial charge on any atom is 0.250 e. The third-order valence-electron chi connectivity index (χ3n) is 4.84. The number of hydrogen-bond donors (Lipinski definition) is 1. The summed E-state index contributed by atoms with van der Waals surface area (Å²) >= 11 is 0. The molecule has 27 heavy (non-hydrogen) atoms. The van der Waals surface area contributed by atoms with Crippen LogP contribution in [0.25, 0.3) is 21.9 Å². The number of carbonyl (C=O) groups excluding carboxylic acids is 1. The molecule has 2 heterocycles. The van der Waals surface area contributed by atoms with Gasteiger partial charge < -0.3 is 5.32 Å². The zero-order valence-corrected chi connectivity index (χ0v) is 15.5. The first-order valence-corrected chi connectivity index (χ1v) is 8.87. The molecule has 1 unspecified atom stereocenters. The number of benzene rings is 2. The van der Waals surface area contributed by atoms with Crippen molar-refractivity contribution in [2.75, 3.05) is 5.32 Å². The van der Waals surface area contributed by atoms with Crippen LogP contribution in [0, 0.1) is 6.92 Å². The fourth-order valence-corrected chi connectivity index (χ4v) is 3.14. The smallest absolute Gasteiger partial charge is 0.250 e. The minimum absolute atomic E-state index is 0.152. The largest absolute Gasteiger partial charge is 0.307 e. The Morgan fingerprint density at radius 3 is 2.70 bits per heavy atom. The quantitative estimate of drug-likeness (QED) is 0.600. The number of fused-ring (bicyclic) bond motifs is 1. The second-order valence-corrected chi connectivity index (χ2v) is 6.70. The summed E-state index contributed by atoms with van der Waals surface area (Å²) in [6.07, 6.45) is 3.71. The molecule has 0 aliphatic heterocycles. The molecule has 4 rings (SSSR count). The van der Waals surface area contributed by atoms with E-state index in [0.717, 1.165) is 16.8 Å². The van der Waals surface area contributed by atoms with Crippen LogP contribution in [0.15, 0.2) is 60.9 Å². The van der Waals surface area contributed by atoms with E-state index in [1.165, 1.54) is 10.8 Å². The van der Waals surface area contributed by atoms with Crippen LogP contribution >= 0.6 is 0 Å². The number of aryl methyl sites for hydroxylation is 2. The van der Waals surface area contributed by atoms with Crippen LogP contribution in [-0.2, 0) is 11.8 Å². The number of nitrogens with one attached hydrogen (secondary N) is 1. The fourth-order valence-electron chi connectivity index (χ4n) is 3.14. The van der Waals surface area contributed by atoms with Crippen molar-refractivity contribution in [2.45, 2.75) is 19.9 Å². The zero-order chi connectivity index (χ0) is 19.0. The number of nitrogens with zero attached hydrogens (tertiary/aromatic N) is 4. The lowest BCUT2D eigenvalue weighted by Gasteiger charge is -2.11. The van der Waals surface area contributed by atoms with Crippen LogP contribution in [-0.4, -0.2) is 25.5 Å². The third-order valence-corrected chi connectivity index (χ3v) is 4.84. The Morgan fingerprint density at radius 2 is 1.93 bits per heavy atom. The van der Waals surface area contributed by atoms with Gasteiger partial charge in [-0.3, -0.25) is 14.2 Å². The topological polar surface area (TPSA) is 64.7 Å². The van der Waals surface area contributed by atoms with Crippen LogP contribution in [0.3, 0.4) is 0 Å². The summed E-state index contributed by atoms with van der Waals surface area (Å²) in [6, 6.07) is 15.8. The van der Waals surface area contributed by atoms with E-state index in [0.29, 0.717) is 5.82 Å². The van der Waals surface area contributed by atoms with E-state index in [9.17, 15) is 4.79 Å². The van der Waals surface area contributed by atoms with Crippen molar-refractivity contribution in [1.82, 2.24) is 19.6 Å². The van der Waals surface area contributed by atoms with Crippen molar-refractivity contribution >= 4 is 22.5 Å². The van der Waals surface area contributed by atoms with Crippen LogP contribution < -0.4 is 5.32 Å². The van der Waals surface area contributed by atoms with Gasteiger partial charge >= 0.3 is 0 Å². The van der Waals surface area contributed by atoms with E-state index in [1.54, 1.807) is 15.6 Å². The molecule has 136 valence electrons. The number of anilines is 1. The molecule has 0 saturated heterocycles. The summed E-state index contributed by atoms with van der Waals surface area (Å²) in [5.74, 6) is 0.397. The van der Waals surface area contributed by atoms with Crippen molar-refractivity contribution in [3.8, 4) is 11.1 Å². The van der Waals surface area contributed by atoms with Gasteiger partial charge in [-0.05, 0) is 30.2 Å². The minimum atomic E-state index is -0.448. The molecule has 6 nitrogen and oxygen atoms in total. The molecule has 0 spiro atoms. The average Bonchev–Trinajstić information content (AvgIpc) is 3.27. The van der Waals surface area contributed by atoms with Gasteiger partial charge in [-0.15, -0.1) is 0 Å². The maximum atomic E-state index is 12.6. The molecule has 1 N–H and O–H groups in total. The monoisotopic (exact) mass is 359 g/mol. The lowest BCUT2D eigenvalue weighted by Crippen LogP contribution is -2.24. The first kappa shape index (κ1) is 17.0. The van der Waals surface area contributed by atoms with Crippen LogP contribution in [0.1, 0.15) is 18.7 Å². The number of amides is 1. The Balaban J connectivity index is 1.59. The predicted octanol–water partition coefficient (Wildman–Crippen LogP) is 3.94. The van der Waals surface area contributed by atoms with Crippen LogP contribution in [0.5, 0.6) is 0 Å². The summed E-state index contributed by atoms with van der Waals surface area (Å²) < 4.78 is 3.41. The zero-order valence-electron chi connectivity index (χ0n) is 15.5. The van der Waals surface area contributed by atoms with Crippen LogP contribution in [0.2, 0.25) is 0 Å². The normalized spacial score (nSPS) is 12.3. The Kier molecular flexibility index (Phi) is 4.24. The van der Waals surface area contributed by atoms with Gasteiger partial charge in [-0.1, -0.05) is 42.5 Å². The third kappa shape index (κ3) is 3.21. The molecule has 0 radical (unpaired) electrons. The molecule has 0 aliphatic rings. The molecular formula is C21H21N5O. The van der Waals surface area contributed by atoms with E-state index < -0.39 is 6.04 Å². The minimum Gasteiger partial charge on any atom is -0.307 e. The van der Waals surface area contributed by atoms with E-state index >= 15 is 0 Å². The van der Waals surface area contributed by atoms with Gasteiger partial charge in [-0.2, -0.15) is 10.2 Å². The Morgan fingerprint density at radius 1 is 1.15 bits per heavy atom. The Bertz CT molecular complexity index is 1100. The summed E-state index contributed by atoms with van der Waals surface area (Å²) in [5, 5.41) is 13.9.